The lowest BCUT2D eigenvalue weighted by Gasteiger charge is -2.25. The second kappa shape index (κ2) is 4.13. The monoisotopic (exact) mass is 237 g/mol. The van der Waals surface area contributed by atoms with Gasteiger partial charge >= 0.3 is 0 Å². The van der Waals surface area contributed by atoms with Gasteiger partial charge in [-0.1, -0.05) is 0 Å². The minimum atomic E-state index is -0.127. The first-order chi connectivity index (χ1) is 7.58. The van der Waals surface area contributed by atoms with E-state index < -0.39 is 0 Å². The lowest BCUT2D eigenvalue weighted by atomic mass is 10.3. The van der Waals surface area contributed by atoms with Gasteiger partial charge in [-0.3, -0.25) is 5.32 Å². The SMILES string of the molecule is Cc1cscc1N(C)C1=NC(C)N=C(N)N1. The standard InChI is InChI=1S/C10H15N5S/c1-6-4-16-5-8(6)15(3)10-13-7(2)12-9(11)14-10/h4-5,7H,1-3H3,(H3,11,12,13,14). The van der Waals surface area contributed by atoms with Gasteiger partial charge in [-0.2, -0.15) is 0 Å². The van der Waals surface area contributed by atoms with Crippen molar-refractivity contribution in [2.45, 2.75) is 20.0 Å². The fraction of sp³-hybridized carbons (Fsp3) is 0.400. The van der Waals surface area contributed by atoms with Crippen molar-refractivity contribution in [2.75, 3.05) is 11.9 Å². The quantitative estimate of drug-likeness (QED) is 0.769. The van der Waals surface area contributed by atoms with E-state index in [0.29, 0.717) is 5.96 Å². The van der Waals surface area contributed by atoms with E-state index in [1.54, 1.807) is 11.3 Å². The maximum Gasteiger partial charge on any atom is 0.207 e. The van der Waals surface area contributed by atoms with Crippen LogP contribution in [-0.4, -0.2) is 25.1 Å². The molecule has 1 unspecified atom stereocenters. The molecule has 5 nitrogen and oxygen atoms in total. The number of hydrogen-bond acceptors (Lipinski definition) is 6. The van der Waals surface area contributed by atoms with E-state index >= 15 is 0 Å². The molecule has 1 aliphatic heterocycles. The summed E-state index contributed by atoms with van der Waals surface area (Å²) in [5, 5.41) is 7.17. The van der Waals surface area contributed by atoms with Crippen LogP contribution in [0.25, 0.3) is 0 Å². The number of aryl methyl sites for hydroxylation is 1. The molecule has 1 atom stereocenters. The highest BCUT2D eigenvalue weighted by molar-refractivity contribution is 7.08. The Labute approximate surface area is 98.7 Å². The number of rotatable bonds is 1. The van der Waals surface area contributed by atoms with Gasteiger partial charge in [0, 0.05) is 12.4 Å². The molecule has 0 spiro atoms. The van der Waals surface area contributed by atoms with Crippen LogP contribution in [0.4, 0.5) is 5.69 Å². The van der Waals surface area contributed by atoms with E-state index in [0.717, 1.165) is 11.6 Å². The topological polar surface area (TPSA) is 66.0 Å². The van der Waals surface area contributed by atoms with Crippen molar-refractivity contribution in [3.63, 3.8) is 0 Å². The van der Waals surface area contributed by atoms with Gasteiger partial charge in [0.25, 0.3) is 0 Å². The van der Waals surface area contributed by atoms with E-state index in [-0.39, 0.29) is 6.17 Å². The number of hydrogen-bond donors (Lipinski definition) is 2. The molecule has 1 aromatic heterocycles. The first-order valence-electron chi connectivity index (χ1n) is 5.02. The molecule has 1 aliphatic rings. The Hall–Kier alpha value is -1.56. The normalized spacial score (nSPS) is 19.8. The average molecular weight is 237 g/mol. The fourth-order valence-electron chi connectivity index (χ4n) is 1.57. The highest BCUT2D eigenvalue weighted by Crippen LogP contribution is 2.23. The van der Waals surface area contributed by atoms with Crippen molar-refractivity contribution in [2.24, 2.45) is 15.7 Å². The Kier molecular flexibility index (Phi) is 2.82. The minimum absolute atomic E-state index is 0.127. The molecule has 0 saturated carbocycles. The first-order valence-corrected chi connectivity index (χ1v) is 5.97. The van der Waals surface area contributed by atoms with Crippen LogP contribution in [0, 0.1) is 6.92 Å². The zero-order valence-corrected chi connectivity index (χ0v) is 10.4. The van der Waals surface area contributed by atoms with Gasteiger partial charge in [0.1, 0.15) is 6.17 Å². The van der Waals surface area contributed by atoms with Gasteiger partial charge < -0.3 is 10.6 Å². The molecule has 16 heavy (non-hydrogen) atoms. The molecule has 6 heteroatoms. The molecule has 0 saturated heterocycles. The van der Waals surface area contributed by atoms with Crippen LogP contribution in [0.15, 0.2) is 20.7 Å². The van der Waals surface area contributed by atoms with Gasteiger partial charge in [-0.15, -0.1) is 11.3 Å². The summed E-state index contributed by atoms with van der Waals surface area (Å²) in [5.41, 5.74) is 8.04. The number of guanidine groups is 2. The molecule has 2 rings (SSSR count). The number of thiophene rings is 1. The number of nitrogens with one attached hydrogen (secondary N) is 1. The summed E-state index contributed by atoms with van der Waals surface area (Å²) in [7, 11) is 1.96. The molecule has 0 radical (unpaired) electrons. The molecule has 0 amide bonds. The summed E-state index contributed by atoms with van der Waals surface area (Å²) < 4.78 is 0. The van der Waals surface area contributed by atoms with Crippen LogP contribution < -0.4 is 16.0 Å². The molecule has 2 heterocycles. The zero-order chi connectivity index (χ0) is 11.7. The van der Waals surface area contributed by atoms with E-state index in [9.17, 15) is 0 Å². The fourth-order valence-corrected chi connectivity index (χ4v) is 2.43. The van der Waals surface area contributed by atoms with Gasteiger partial charge in [0.15, 0.2) is 5.96 Å². The van der Waals surface area contributed by atoms with E-state index in [4.69, 9.17) is 5.73 Å². The number of anilines is 1. The molecule has 0 aromatic carbocycles. The van der Waals surface area contributed by atoms with Crippen molar-refractivity contribution in [1.29, 1.82) is 0 Å². The minimum Gasteiger partial charge on any atom is -0.370 e. The van der Waals surface area contributed by atoms with E-state index in [2.05, 4.69) is 33.0 Å². The van der Waals surface area contributed by atoms with Gasteiger partial charge in [-0.25, -0.2) is 9.98 Å². The molecular formula is C10H15N5S. The van der Waals surface area contributed by atoms with Crippen LogP contribution in [0.3, 0.4) is 0 Å². The Bertz CT molecular complexity index is 448. The summed E-state index contributed by atoms with van der Waals surface area (Å²) in [5.74, 6) is 1.15. The summed E-state index contributed by atoms with van der Waals surface area (Å²) in [6.07, 6.45) is -0.127. The zero-order valence-electron chi connectivity index (χ0n) is 9.56. The highest BCUT2D eigenvalue weighted by Gasteiger charge is 2.17. The highest BCUT2D eigenvalue weighted by atomic mass is 32.1. The van der Waals surface area contributed by atoms with Crippen LogP contribution in [0.5, 0.6) is 0 Å². The van der Waals surface area contributed by atoms with Gasteiger partial charge in [-0.05, 0) is 24.8 Å². The van der Waals surface area contributed by atoms with Gasteiger partial charge in [0.2, 0.25) is 5.96 Å². The van der Waals surface area contributed by atoms with Crippen LogP contribution in [0.2, 0.25) is 0 Å². The van der Waals surface area contributed by atoms with Crippen LogP contribution in [-0.2, 0) is 0 Å². The third-order valence-corrected chi connectivity index (χ3v) is 3.23. The lowest BCUT2D eigenvalue weighted by Crippen LogP contribution is -2.48. The summed E-state index contributed by atoms with van der Waals surface area (Å²) in [6.45, 7) is 3.98. The Morgan fingerprint density at radius 3 is 2.75 bits per heavy atom. The first kappa shape index (κ1) is 10.9. The predicted octanol–water partition coefficient (Wildman–Crippen LogP) is 1.11. The second-order valence-electron chi connectivity index (χ2n) is 3.72. The Morgan fingerprint density at radius 2 is 2.19 bits per heavy atom. The largest absolute Gasteiger partial charge is 0.370 e. The third-order valence-electron chi connectivity index (χ3n) is 2.38. The number of nitrogens with zero attached hydrogens (tertiary/aromatic N) is 3. The Morgan fingerprint density at radius 1 is 1.44 bits per heavy atom. The summed E-state index contributed by atoms with van der Waals surface area (Å²) in [4.78, 5) is 10.5. The van der Waals surface area contributed by atoms with Crippen molar-refractivity contribution >= 4 is 28.9 Å². The Balaban J connectivity index is 2.24. The maximum absolute atomic E-state index is 5.68. The lowest BCUT2D eigenvalue weighted by molar-refractivity contribution is 0.760. The molecule has 0 aliphatic carbocycles. The van der Waals surface area contributed by atoms with Crippen LogP contribution >= 0.6 is 11.3 Å². The predicted molar refractivity (Wildman–Crippen MR) is 69.1 cm³/mol. The molecular weight excluding hydrogens is 222 g/mol. The number of nitrogens with two attached hydrogens (primary N) is 1. The molecule has 1 aromatic rings. The maximum atomic E-state index is 5.68. The second-order valence-corrected chi connectivity index (χ2v) is 4.47. The molecule has 3 N–H and O–H groups in total. The smallest absolute Gasteiger partial charge is 0.207 e. The van der Waals surface area contributed by atoms with Crippen molar-refractivity contribution in [3.8, 4) is 0 Å². The van der Waals surface area contributed by atoms with Crippen molar-refractivity contribution in [1.82, 2.24) is 5.32 Å². The summed E-state index contributed by atoms with van der Waals surface area (Å²) >= 11 is 1.67. The van der Waals surface area contributed by atoms with Crippen molar-refractivity contribution < 1.29 is 0 Å². The molecule has 0 bridgehead atoms. The van der Waals surface area contributed by atoms with Crippen molar-refractivity contribution in [3.05, 3.63) is 16.3 Å². The third kappa shape index (κ3) is 2.01. The molecule has 86 valence electrons. The van der Waals surface area contributed by atoms with E-state index in [1.807, 2.05) is 18.9 Å². The van der Waals surface area contributed by atoms with E-state index in [1.165, 1.54) is 5.56 Å². The number of aliphatic imine (C=N–C) groups is 2. The van der Waals surface area contributed by atoms with Crippen LogP contribution in [0.1, 0.15) is 12.5 Å². The van der Waals surface area contributed by atoms with Gasteiger partial charge in [0.05, 0.1) is 5.69 Å². The summed E-state index contributed by atoms with van der Waals surface area (Å²) in [6, 6.07) is 0. The average Bonchev–Trinajstić information content (AvgIpc) is 2.62. The molecule has 0 fully saturated rings.